The van der Waals surface area contributed by atoms with Crippen LogP contribution < -0.4 is 10.6 Å². The topological polar surface area (TPSA) is 46.3 Å². The van der Waals surface area contributed by atoms with E-state index in [1.807, 2.05) is 11.0 Å². The minimum absolute atomic E-state index is 0.109. The van der Waals surface area contributed by atoms with Crippen LogP contribution in [0.25, 0.3) is 11.1 Å². The minimum Gasteiger partial charge on any atom is -0.390 e. The summed E-state index contributed by atoms with van der Waals surface area (Å²) in [5.74, 6) is 0.109. The number of nitrogens with two attached hydrogens (primary N) is 1. The number of hydrogen-bond donors (Lipinski definition) is 1. The standard InChI is InChI=1S/C15H16N2OS/c1-9-7-13(15(16)19-9)11-3-4-14-12(8-11)5-6-17(14)10(2)18/h3-4,7-8H,5-6,16H2,1-2H3. The van der Waals surface area contributed by atoms with Crippen LogP contribution in [0.2, 0.25) is 0 Å². The lowest BCUT2D eigenvalue weighted by Gasteiger charge is -2.14. The molecule has 3 rings (SSSR count). The summed E-state index contributed by atoms with van der Waals surface area (Å²) in [6.45, 7) is 4.46. The van der Waals surface area contributed by atoms with Gasteiger partial charge in [0.15, 0.2) is 0 Å². The molecule has 0 aliphatic carbocycles. The van der Waals surface area contributed by atoms with Crippen LogP contribution in [0.3, 0.4) is 0 Å². The van der Waals surface area contributed by atoms with Crippen molar-refractivity contribution in [2.75, 3.05) is 17.2 Å². The Morgan fingerprint density at radius 2 is 2.16 bits per heavy atom. The van der Waals surface area contributed by atoms with Crippen molar-refractivity contribution >= 4 is 27.9 Å². The van der Waals surface area contributed by atoms with Gasteiger partial charge in [-0.05, 0) is 42.7 Å². The van der Waals surface area contributed by atoms with Gasteiger partial charge in [-0.2, -0.15) is 0 Å². The number of rotatable bonds is 1. The van der Waals surface area contributed by atoms with Crippen molar-refractivity contribution in [3.8, 4) is 11.1 Å². The lowest BCUT2D eigenvalue weighted by atomic mass is 10.0. The van der Waals surface area contributed by atoms with Crippen molar-refractivity contribution in [3.63, 3.8) is 0 Å². The van der Waals surface area contributed by atoms with Crippen LogP contribution in [-0.2, 0) is 11.2 Å². The Labute approximate surface area is 116 Å². The van der Waals surface area contributed by atoms with Gasteiger partial charge in [-0.15, -0.1) is 11.3 Å². The fourth-order valence-corrected chi connectivity index (χ4v) is 3.46. The molecule has 0 atom stereocenters. The van der Waals surface area contributed by atoms with E-state index in [1.165, 1.54) is 10.4 Å². The van der Waals surface area contributed by atoms with Crippen LogP contribution in [-0.4, -0.2) is 12.5 Å². The maximum atomic E-state index is 11.5. The smallest absolute Gasteiger partial charge is 0.223 e. The number of fused-ring (bicyclic) bond motifs is 1. The van der Waals surface area contributed by atoms with E-state index in [0.717, 1.165) is 34.8 Å². The molecule has 0 saturated heterocycles. The van der Waals surface area contributed by atoms with Gasteiger partial charge in [0.25, 0.3) is 0 Å². The Hall–Kier alpha value is -1.81. The Morgan fingerprint density at radius 3 is 2.79 bits per heavy atom. The Kier molecular flexibility index (Phi) is 2.82. The molecule has 1 aliphatic rings. The zero-order valence-corrected chi connectivity index (χ0v) is 11.9. The summed E-state index contributed by atoms with van der Waals surface area (Å²) in [5, 5.41) is 0.860. The molecule has 3 nitrogen and oxygen atoms in total. The largest absolute Gasteiger partial charge is 0.390 e. The molecule has 2 heterocycles. The van der Waals surface area contributed by atoms with E-state index in [2.05, 4.69) is 25.1 Å². The molecule has 0 spiro atoms. The first-order valence-electron chi connectivity index (χ1n) is 6.33. The molecule has 0 saturated carbocycles. The highest BCUT2D eigenvalue weighted by molar-refractivity contribution is 7.16. The Morgan fingerprint density at radius 1 is 1.37 bits per heavy atom. The molecule has 19 heavy (non-hydrogen) atoms. The van der Waals surface area contributed by atoms with Crippen molar-refractivity contribution in [1.82, 2.24) is 0 Å². The molecule has 1 aliphatic heterocycles. The van der Waals surface area contributed by atoms with E-state index in [0.29, 0.717) is 0 Å². The number of hydrogen-bond acceptors (Lipinski definition) is 3. The number of benzene rings is 1. The van der Waals surface area contributed by atoms with Gasteiger partial charge in [-0.25, -0.2) is 0 Å². The highest BCUT2D eigenvalue weighted by Gasteiger charge is 2.22. The third-order valence-electron chi connectivity index (χ3n) is 3.55. The number of nitrogens with zero attached hydrogens (tertiary/aromatic N) is 1. The number of amides is 1. The van der Waals surface area contributed by atoms with E-state index in [9.17, 15) is 4.79 Å². The summed E-state index contributed by atoms with van der Waals surface area (Å²) in [6.07, 6.45) is 0.922. The second-order valence-corrected chi connectivity index (χ2v) is 6.19. The Bertz CT molecular complexity index is 660. The quantitative estimate of drug-likeness (QED) is 0.866. The van der Waals surface area contributed by atoms with Gasteiger partial charge in [-0.1, -0.05) is 6.07 Å². The molecule has 0 bridgehead atoms. The van der Waals surface area contributed by atoms with E-state index in [-0.39, 0.29) is 5.91 Å². The third-order valence-corrected chi connectivity index (χ3v) is 4.43. The van der Waals surface area contributed by atoms with Gasteiger partial charge in [0.05, 0.1) is 5.00 Å². The molecular weight excluding hydrogens is 256 g/mol. The average Bonchev–Trinajstić information content (AvgIpc) is 2.91. The van der Waals surface area contributed by atoms with Crippen molar-refractivity contribution in [2.24, 2.45) is 0 Å². The maximum absolute atomic E-state index is 11.5. The summed E-state index contributed by atoms with van der Waals surface area (Å²) in [7, 11) is 0. The van der Waals surface area contributed by atoms with E-state index >= 15 is 0 Å². The molecule has 0 unspecified atom stereocenters. The molecule has 2 N–H and O–H groups in total. The van der Waals surface area contributed by atoms with Crippen LogP contribution >= 0.6 is 11.3 Å². The van der Waals surface area contributed by atoms with Crippen molar-refractivity contribution in [1.29, 1.82) is 0 Å². The number of thiophene rings is 1. The summed E-state index contributed by atoms with van der Waals surface area (Å²) >= 11 is 1.62. The van der Waals surface area contributed by atoms with Gasteiger partial charge in [-0.3, -0.25) is 4.79 Å². The minimum atomic E-state index is 0.109. The zero-order chi connectivity index (χ0) is 13.6. The SMILES string of the molecule is CC(=O)N1CCc2cc(-c3cc(C)sc3N)ccc21. The molecule has 98 valence electrons. The first kappa shape index (κ1) is 12.2. The normalized spacial score (nSPS) is 13.7. The van der Waals surface area contributed by atoms with Crippen LogP contribution in [0, 0.1) is 6.92 Å². The lowest BCUT2D eigenvalue weighted by molar-refractivity contribution is -0.116. The number of carbonyl (C=O) groups is 1. The predicted octanol–water partition coefficient (Wildman–Crippen LogP) is 3.21. The Balaban J connectivity index is 2.04. The molecule has 1 aromatic carbocycles. The maximum Gasteiger partial charge on any atom is 0.223 e. The fourth-order valence-electron chi connectivity index (χ4n) is 2.65. The molecule has 0 fully saturated rings. The first-order valence-corrected chi connectivity index (χ1v) is 7.15. The van der Waals surface area contributed by atoms with E-state index in [1.54, 1.807) is 18.3 Å². The molecule has 0 radical (unpaired) electrons. The predicted molar refractivity (Wildman–Crippen MR) is 80.6 cm³/mol. The monoisotopic (exact) mass is 272 g/mol. The molecule has 1 amide bonds. The van der Waals surface area contributed by atoms with Crippen LogP contribution in [0.1, 0.15) is 17.4 Å². The van der Waals surface area contributed by atoms with Crippen molar-refractivity contribution in [3.05, 3.63) is 34.7 Å². The summed E-state index contributed by atoms with van der Waals surface area (Å²) < 4.78 is 0. The second kappa shape index (κ2) is 4.38. The summed E-state index contributed by atoms with van der Waals surface area (Å²) in [5.41, 5.74) is 10.6. The van der Waals surface area contributed by atoms with Gasteiger partial charge < -0.3 is 10.6 Å². The van der Waals surface area contributed by atoms with Crippen molar-refractivity contribution in [2.45, 2.75) is 20.3 Å². The van der Waals surface area contributed by atoms with E-state index in [4.69, 9.17) is 5.73 Å². The van der Waals surface area contributed by atoms with Crippen LogP contribution in [0.4, 0.5) is 10.7 Å². The zero-order valence-electron chi connectivity index (χ0n) is 11.1. The van der Waals surface area contributed by atoms with Gasteiger partial charge in [0.1, 0.15) is 0 Å². The van der Waals surface area contributed by atoms with Gasteiger partial charge in [0, 0.05) is 29.6 Å². The third kappa shape index (κ3) is 2.02. The van der Waals surface area contributed by atoms with Gasteiger partial charge in [0.2, 0.25) is 5.91 Å². The fraction of sp³-hybridized carbons (Fsp3) is 0.267. The number of nitrogen functional groups attached to an aromatic ring is 1. The lowest BCUT2D eigenvalue weighted by Crippen LogP contribution is -2.25. The number of anilines is 2. The molecule has 1 aromatic heterocycles. The van der Waals surface area contributed by atoms with Gasteiger partial charge >= 0.3 is 0 Å². The molecule has 4 heteroatoms. The van der Waals surface area contributed by atoms with Crippen LogP contribution in [0.5, 0.6) is 0 Å². The summed E-state index contributed by atoms with van der Waals surface area (Å²) in [4.78, 5) is 14.6. The van der Waals surface area contributed by atoms with Crippen LogP contribution in [0.15, 0.2) is 24.3 Å². The highest BCUT2D eigenvalue weighted by Crippen LogP contribution is 2.37. The highest BCUT2D eigenvalue weighted by atomic mass is 32.1. The second-order valence-electron chi connectivity index (χ2n) is 4.90. The summed E-state index contributed by atoms with van der Waals surface area (Å²) in [6, 6.07) is 8.37. The molecular formula is C15H16N2OS. The number of aryl methyl sites for hydroxylation is 1. The van der Waals surface area contributed by atoms with E-state index < -0.39 is 0 Å². The first-order chi connectivity index (χ1) is 9.06. The molecule has 2 aromatic rings. The number of carbonyl (C=O) groups excluding carboxylic acids is 1. The average molecular weight is 272 g/mol. The van der Waals surface area contributed by atoms with Crippen molar-refractivity contribution < 1.29 is 4.79 Å².